The molecule has 0 aliphatic carbocycles. The minimum Gasteiger partial charge on any atom is -0.368 e. The molecule has 0 saturated carbocycles. The van der Waals surface area contributed by atoms with Crippen molar-refractivity contribution in [3.63, 3.8) is 0 Å². The average molecular weight is 521 g/mol. The third-order valence-electron chi connectivity index (χ3n) is 6.94. The van der Waals surface area contributed by atoms with Gasteiger partial charge in [-0.05, 0) is 56.5 Å². The molecule has 2 aliphatic rings. The summed E-state index contributed by atoms with van der Waals surface area (Å²) in [6.07, 6.45) is -1.56. The standard InChI is InChI=1S/C25H24ClF3N4O3/c1-14-12-31(13-30-14)19-5-6-20-24(35)32(9-10-33(20)23(19)34)15(2)21-7-8-22(36-21)17-4-3-16(26)11-18(17)25(27,28)29/h3-6,11-13,15,21-22H,7-10H2,1-2H3. The molecule has 3 aromatic rings. The first kappa shape index (κ1) is 24.6. The van der Waals surface area contributed by atoms with Crippen molar-refractivity contribution >= 4 is 17.5 Å². The third kappa shape index (κ3) is 4.32. The zero-order chi connectivity index (χ0) is 25.8. The topological polar surface area (TPSA) is 69.4 Å². The molecule has 3 atom stereocenters. The Balaban J connectivity index is 1.35. The van der Waals surface area contributed by atoms with Crippen LogP contribution in [0.5, 0.6) is 0 Å². The van der Waals surface area contributed by atoms with E-state index in [1.165, 1.54) is 16.7 Å². The van der Waals surface area contributed by atoms with Crippen molar-refractivity contribution in [3.8, 4) is 5.69 Å². The van der Waals surface area contributed by atoms with Crippen LogP contribution >= 0.6 is 11.6 Å². The summed E-state index contributed by atoms with van der Waals surface area (Å²) in [4.78, 5) is 32.2. The van der Waals surface area contributed by atoms with E-state index >= 15 is 0 Å². The first-order chi connectivity index (χ1) is 17.0. The summed E-state index contributed by atoms with van der Waals surface area (Å²) in [5, 5.41) is 0.00754. The van der Waals surface area contributed by atoms with Gasteiger partial charge in [-0.2, -0.15) is 13.2 Å². The van der Waals surface area contributed by atoms with Gasteiger partial charge in [0.25, 0.3) is 11.5 Å². The Hall–Kier alpha value is -3.11. The van der Waals surface area contributed by atoms with Crippen LogP contribution in [0.25, 0.3) is 5.69 Å². The third-order valence-corrected chi connectivity index (χ3v) is 7.17. The van der Waals surface area contributed by atoms with Gasteiger partial charge in [-0.3, -0.25) is 9.59 Å². The summed E-state index contributed by atoms with van der Waals surface area (Å²) >= 11 is 5.81. The SMILES string of the molecule is Cc1cn(-c2ccc3n(c2=O)CCN(C(C)C2CCC(c4ccc(Cl)cc4C(F)(F)F)O2)C3=O)cn1. The summed E-state index contributed by atoms with van der Waals surface area (Å²) in [5.74, 6) is -0.311. The van der Waals surface area contributed by atoms with E-state index in [-0.39, 0.29) is 33.8 Å². The smallest absolute Gasteiger partial charge is 0.368 e. The number of hydrogen-bond donors (Lipinski definition) is 0. The molecule has 0 radical (unpaired) electrons. The molecule has 0 spiro atoms. The molecule has 1 aromatic carbocycles. The Morgan fingerprint density at radius 2 is 1.92 bits per heavy atom. The Kier molecular flexibility index (Phi) is 6.20. The van der Waals surface area contributed by atoms with Gasteiger partial charge in [0, 0.05) is 24.3 Å². The van der Waals surface area contributed by atoms with Crippen molar-refractivity contribution in [2.24, 2.45) is 0 Å². The molecule has 36 heavy (non-hydrogen) atoms. The molecule has 1 saturated heterocycles. The highest BCUT2D eigenvalue weighted by molar-refractivity contribution is 6.30. The molecular formula is C25H24ClF3N4O3. The minimum absolute atomic E-state index is 0.00754. The molecule has 11 heteroatoms. The lowest BCUT2D eigenvalue weighted by Crippen LogP contribution is -2.52. The van der Waals surface area contributed by atoms with Crippen LogP contribution < -0.4 is 5.56 Å². The molecule has 7 nitrogen and oxygen atoms in total. The van der Waals surface area contributed by atoms with Gasteiger partial charge in [0.2, 0.25) is 0 Å². The van der Waals surface area contributed by atoms with Gasteiger partial charge in [0.15, 0.2) is 0 Å². The molecule has 2 aliphatic heterocycles. The summed E-state index contributed by atoms with van der Waals surface area (Å²) < 4.78 is 49.9. The Morgan fingerprint density at radius 1 is 1.14 bits per heavy atom. The first-order valence-electron chi connectivity index (χ1n) is 11.6. The van der Waals surface area contributed by atoms with E-state index in [4.69, 9.17) is 16.3 Å². The summed E-state index contributed by atoms with van der Waals surface area (Å²) in [7, 11) is 0. The fourth-order valence-electron chi connectivity index (χ4n) is 5.07. The highest BCUT2D eigenvalue weighted by Gasteiger charge is 2.41. The number of aryl methyl sites for hydroxylation is 1. The van der Waals surface area contributed by atoms with E-state index in [1.807, 2.05) is 13.8 Å². The van der Waals surface area contributed by atoms with Gasteiger partial charge in [-0.1, -0.05) is 17.7 Å². The fourth-order valence-corrected chi connectivity index (χ4v) is 5.24. The van der Waals surface area contributed by atoms with Crippen LogP contribution in [0.1, 0.15) is 53.2 Å². The number of imidazole rings is 1. The van der Waals surface area contributed by atoms with Crippen LogP contribution in [0.15, 0.2) is 47.7 Å². The number of ether oxygens (including phenoxy) is 1. The van der Waals surface area contributed by atoms with Crippen molar-refractivity contribution in [1.29, 1.82) is 0 Å². The van der Waals surface area contributed by atoms with Crippen LogP contribution in [0.3, 0.4) is 0 Å². The predicted molar refractivity (Wildman–Crippen MR) is 126 cm³/mol. The van der Waals surface area contributed by atoms with E-state index in [0.29, 0.717) is 31.6 Å². The quantitative estimate of drug-likeness (QED) is 0.496. The fraction of sp³-hybridized carbons (Fsp3) is 0.400. The number of fused-ring (bicyclic) bond motifs is 1. The Morgan fingerprint density at radius 3 is 2.61 bits per heavy atom. The molecule has 190 valence electrons. The highest BCUT2D eigenvalue weighted by Crippen LogP contribution is 2.42. The molecule has 1 fully saturated rings. The minimum atomic E-state index is -4.55. The number of carbonyl (C=O) groups is 1. The monoisotopic (exact) mass is 520 g/mol. The van der Waals surface area contributed by atoms with Crippen LogP contribution in [0, 0.1) is 6.92 Å². The molecule has 2 aromatic heterocycles. The van der Waals surface area contributed by atoms with Crippen molar-refractivity contribution in [3.05, 3.63) is 80.7 Å². The highest BCUT2D eigenvalue weighted by atomic mass is 35.5. The van der Waals surface area contributed by atoms with Crippen molar-refractivity contribution in [1.82, 2.24) is 19.0 Å². The number of alkyl halides is 3. The second-order valence-corrected chi connectivity index (χ2v) is 9.63. The first-order valence-corrected chi connectivity index (χ1v) is 12.0. The maximum Gasteiger partial charge on any atom is 0.416 e. The molecule has 0 bridgehead atoms. The molecule has 3 unspecified atom stereocenters. The zero-order valence-electron chi connectivity index (χ0n) is 19.6. The van der Waals surface area contributed by atoms with E-state index < -0.39 is 23.9 Å². The predicted octanol–water partition coefficient (Wildman–Crippen LogP) is 4.78. The molecule has 0 N–H and O–H groups in total. The number of halogens is 4. The van der Waals surface area contributed by atoms with Crippen molar-refractivity contribution in [2.75, 3.05) is 6.54 Å². The zero-order valence-corrected chi connectivity index (χ0v) is 20.4. The lowest BCUT2D eigenvalue weighted by Gasteiger charge is -2.37. The van der Waals surface area contributed by atoms with Gasteiger partial charge in [-0.25, -0.2) is 4.98 Å². The number of carbonyl (C=O) groups excluding carboxylic acids is 1. The maximum atomic E-state index is 13.6. The van der Waals surface area contributed by atoms with Crippen LogP contribution in [0.2, 0.25) is 5.02 Å². The lowest BCUT2D eigenvalue weighted by molar-refractivity contribution is -0.139. The van der Waals surface area contributed by atoms with E-state index in [1.54, 1.807) is 34.1 Å². The number of hydrogen-bond acceptors (Lipinski definition) is 4. The normalized spacial score (nSPS) is 21.1. The number of amides is 1. The second kappa shape index (κ2) is 9.08. The molecule has 4 heterocycles. The van der Waals surface area contributed by atoms with Crippen molar-refractivity contribution in [2.45, 2.75) is 57.7 Å². The Bertz CT molecular complexity index is 1380. The number of aromatic nitrogens is 3. The van der Waals surface area contributed by atoms with Crippen LogP contribution in [-0.4, -0.2) is 43.6 Å². The largest absolute Gasteiger partial charge is 0.416 e. The van der Waals surface area contributed by atoms with Crippen LogP contribution in [0.4, 0.5) is 13.2 Å². The summed E-state index contributed by atoms with van der Waals surface area (Å²) in [5.41, 5.74) is 0.392. The van der Waals surface area contributed by atoms with Gasteiger partial charge < -0.3 is 18.8 Å². The number of nitrogens with zero attached hydrogens (tertiary/aromatic N) is 4. The average Bonchev–Trinajstić information content (AvgIpc) is 3.48. The number of benzene rings is 1. The van der Waals surface area contributed by atoms with Gasteiger partial charge >= 0.3 is 6.18 Å². The second-order valence-electron chi connectivity index (χ2n) is 9.19. The maximum absolute atomic E-state index is 13.6. The summed E-state index contributed by atoms with van der Waals surface area (Å²) in [6.45, 7) is 4.24. The van der Waals surface area contributed by atoms with Crippen LogP contribution in [-0.2, 0) is 17.5 Å². The Labute approximate surface area is 210 Å². The van der Waals surface area contributed by atoms with Gasteiger partial charge in [-0.15, -0.1) is 0 Å². The number of pyridine rings is 1. The van der Waals surface area contributed by atoms with Gasteiger partial charge in [0.1, 0.15) is 11.4 Å². The van der Waals surface area contributed by atoms with Gasteiger partial charge in [0.05, 0.1) is 35.8 Å². The summed E-state index contributed by atoms with van der Waals surface area (Å²) in [6, 6.07) is 6.53. The molecule has 5 rings (SSSR count). The molecule has 1 amide bonds. The van der Waals surface area contributed by atoms with E-state index in [9.17, 15) is 22.8 Å². The molecular weight excluding hydrogens is 497 g/mol. The lowest BCUT2D eigenvalue weighted by atomic mass is 9.99. The van der Waals surface area contributed by atoms with E-state index in [2.05, 4.69) is 4.98 Å². The number of rotatable bonds is 4. The van der Waals surface area contributed by atoms with Crippen molar-refractivity contribution < 1.29 is 22.7 Å². The van der Waals surface area contributed by atoms with E-state index in [0.717, 1.165) is 11.8 Å².